The Balaban J connectivity index is 0.00000264. The van der Waals surface area contributed by atoms with Gasteiger partial charge in [-0.15, -0.1) is 24.0 Å². The van der Waals surface area contributed by atoms with Crippen molar-refractivity contribution in [2.75, 3.05) is 26.2 Å². The highest BCUT2D eigenvalue weighted by Gasteiger charge is 2.10. The van der Waals surface area contributed by atoms with Crippen LogP contribution in [0.1, 0.15) is 44.2 Å². The minimum atomic E-state index is 0. The molecule has 0 aliphatic carbocycles. The summed E-state index contributed by atoms with van der Waals surface area (Å²) in [6.45, 7) is 10.3. The molecule has 1 aliphatic heterocycles. The first kappa shape index (κ1) is 20.2. The number of piperidine rings is 1. The molecule has 0 atom stereocenters. The van der Waals surface area contributed by atoms with Crippen molar-refractivity contribution >= 4 is 29.9 Å². The van der Waals surface area contributed by atoms with Crippen molar-refractivity contribution in [2.24, 2.45) is 4.99 Å². The van der Waals surface area contributed by atoms with Gasteiger partial charge >= 0.3 is 0 Å². The van der Waals surface area contributed by atoms with Crippen LogP contribution >= 0.6 is 24.0 Å². The SMILES string of the molecule is CCNC(=NCc1ccc(CN2CCCCC2)cc1)NCC.I. The Bertz CT molecular complexity index is 445. The third-order valence-corrected chi connectivity index (χ3v) is 3.99. The second-order valence-corrected chi connectivity index (χ2v) is 5.88. The summed E-state index contributed by atoms with van der Waals surface area (Å²) in [5.41, 5.74) is 2.67. The molecule has 0 aromatic heterocycles. The minimum absolute atomic E-state index is 0. The highest BCUT2D eigenvalue weighted by molar-refractivity contribution is 14.0. The zero-order valence-electron chi connectivity index (χ0n) is 14.5. The largest absolute Gasteiger partial charge is 0.357 e. The summed E-state index contributed by atoms with van der Waals surface area (Å²) in [7, 11) is 0. The van der Waals surface area contributed by atoms with E-state index in [2.05, 4.69) is 58.6 Å². The normalized spacial score (nSPS) is 14.7. The predicted octanol–water partition coefficient (Wildman–Crippen LogP) is 3.37. The van der Waals surface area contributed by atoms with Crippen LogP contribution in [0.3, 0.4) is 0 Å². The lowest BCUT2D eigenvalue weighted by Gasteiger charge is -2.26. The van der Waals surface area contributed by atoms with Crippen molar-refractivity contribution in [2.45, 2.75) is 46.2 Å². The second kappa shape index (κ2) is 11.7. The Kier molecular flexibility index (Phi) is 10.3. The number of halogens is 1. The fourth-order valence-electron chi connectivity index (χ4n) is 2.81. The first-order chi connectivity index (χ1) is 10.8. The molecule has 1 aromatic carbocycles. The third-order valence-electron chi connectivity index (χ3n) is 3.99. The van der Waals surface area contributed by atoms with E-state index in [1.54, 1.807) is 0 Å². The van der Waals surface area contributed by atoms with Gasteiger partial charge in [0.1, 0.15) is 0 Å². The van der Waals surface area contributed by atoms with Gasteiger partial charge in [0.15, 0.2) is 5.96 Å². The fraction of sp³-hybridized carbons (Fsp3) is 0.611. The highest BCUT2D eigenvalue weighted by atomic mass is 127. The van der Waals surface area contributed by atoms with Crippen molar-refractivity contribution in [3.05, 3.63) is 35.4 Å². The average Bonchev–Trinajstić information content (AvgIpc) is 2.55. The number of guanidine groups is 1. The highest BCUT2D eigenvalue weighted by Crippen LogP contribution is 2.13. The summed E-state index contributed by atoms with van der Waals surface area (Å²) in [4.78, 5) is 7.16. The molecule has 0 radical (unpaired) electrons. The molecule has 0 spiro atoms. The van der Waals surface area contributed by atoms with E-state index in [1.807, 2.05) is 0 Å². The Hall–Kier alpha value is -0.820. The van der Waals surface area contributed by atoms with Crippen molar-refractivity contribution in [3.8, 4) is 0 Å². The Morgan fingerprint density at radius 1 is 0.957 bits per heavy atom. The average molecular weight is 430 g/mol. The number of rotatable bonds is 6. The topological polar surface area (TPSA) is 39.7 Å². The number of benzene rings is 1. The molecule has 2 N–H and O–H groups in total. The van der Waals surface area contributed by atoms with Crippen molar-refractivity contribution in [1.82, 2.24) is 15.5 Å². The molecule has 0 bridgehead atoms. The van der Waals surface area contributed by atoms with Crippen molar-refractivity contribution in [3.63, 3.8) is 0 Å². The minimum Gasteiger partial charge on any atom is -0.357 e. The van der Waals surface area contributed by atoms with Gasteiger partial charge in [-0.1, -0.05) is 30.7 Å². The molecular weight excluding hydrogens is 399 g/mol. The van der Waals surface area contributed by atoms with Gasteiger partial charge in [0.25, 0.3) is 0 Å². The molecule has 5 heteroatoms. The summed E-state index contributed by atoms with van der Waals surface area (Å²) in [6.07, 6.45) is 4.10. The Labute approximate surface area is 158 Å². The molecule has 1 fully saturated rings. The molecule has 1 aliphatic rings. The summed E-state index contributed by atoms with van der Waals surface area (Å²) in [6, 6.07) is 8.91. The molecule has 0 amide bonds. The van der Waals surface area contributed by atoms with E-state index in [1.165, 1.54) is 43.5 Å². The van der Waals surface area contributed by atoms with Crippen LogP contribution in [0.15, 0.2) is 29.3 Å². The molecule has 0 saturated carbocycles. The lowest BCUT2D eigenvalue weighted by Crippen LogP contribution is -2.36. The molecule has 130 valence electrons. The van der Waals surface area contributed by atoms with Crippen molar-refractivity contribution in [1.29, 1.82) is 0 Å². The molecular formula is C18H31IN4. The number of aliphatic imine (C=N–C) groups is 1. The molecule has 23 heavy (non-hydrogen) atoms. The Morgan fingerprint density at radius 3 is 2.09 bits per heavy atom. The summed E-state index contributed by atoms with van der Waals surface area (Å²) >= 11 is 0. The van der Waals surface area contributed by atoms with Crippen LogP contribution in [0.4, 0.5) is 0 Å². The van der Waals surface area contributed by atoms with Gasteiger partial charge in [-0.2, -0.15) is 0 Å². The third kappa shape index (κ3) is 7.52. The molecule has 4 nitrogen and oxygen atoms in total. The van der Waals surface area contributed by atoms with E-state index in [9.17, 15) is 0 Å². The van der Waals surface area contributed by atoms with E-state index < -0.39 is 0 Å². The molecule has 1 aromatic rings. The molecule has 1 saturated heterocycles. The maximum absolute atomic E-state index is 4.60. The number of nitrogens with zero attached hydrogens (tertiary/aromatic N) is 2. The smallest absolute Gasteiger partial charge is 0.191 e. The van der Waals surface area contributed by atoms with Gasteiger partial charge in [-0.3, -0.25) is 4.90 Å². The lowest BCUT2D eigenvalue weighted by atomic mass is 10.1. The molecule has 1 heterocycles. The van der Waals surface area contributed by atoms with Gasteiger partial charge in [0.2, 0.25) is 0 Å². The second-order valence-electron chi connectivity index (χ2n) is 5.88. The van der Waals surface area contributed by atoms with Crippen LogP contribution in [0.5, 0.6) is 0 Å². The van der Waals surface area contributed by atoms with E-state index in [-0.39, 0.29) is 24.0 Å². The van der Waals surface area contributed by atoms with Crippen LogP contribution in [-0.4, -0.2) is 37.0 Å². The van der Waals surface area contributed by atoms with Crippen LogP contribution in [0, 0.1) is 0 Å². The van der Waals surface area contributed by atoms with Crippen molar-refractivity contribution < 1.29 is 0 Å². The monoisotopic (exact) mass is 430 g/mol. The van der Waals surface area contributed by atoms with E-state index in [4.69, 9.17) is 0 Å². The maximum atomic E-state index is 4.60. The number of hydrogen-bond donors (Lipinski definition) is 2. The van der Waals surface area contributed by atoms with Crippen LogP contribution in [0.2, 0.25) is 0 Å². The van der Waals surface area contributed by atoms with Crippen LogP contribution < -0.4 is 10.6 Å². The van der Waals surface area contributed by atoms with Gasteiger partial charge in [-0.05, 0) is 50.9 Å². The maximum Gasteiger partial charge on any atom is 0.191 e. The first-order valence-electron chi connectivity index (χ1n) is 8.64. The number of likely N-dealkylation sites (tertiary alicyclic amines) is 1. The molecule has 2 rings (SSSR count). The van der Waals surface area contributed by atoms with Crippen LogP contribution in [0.25, 0.3) is 0 Å². The van der Waals surface area contributed by atoms with Gasteiger partial charge in [-0.25, -0.2) is 4.99 Å². The lowest BCUT2D eigenvalue weighted by molar-refractivity contribution is 0.221. The summed E-state index contributed by atoms with van der Waals surface area (Å²) in [5, 5.41) is 6.50. The zero-order valence-corrected chi connectivity index (χ0v) is 16.8. The predicted molar refractivity (Wildman–Crippen MR) is 109 cm³/mol. The van der Waals surface area contributed by atoms with Gasteiger partial charge < -0.3 is 10.6 Å². The number of hydrogen-bond acceptors (Lipinski definition) is 2. The summed E-state index contributed by atoms with van der Waals surface area (Å²) < 4.78 is 0. The molecule has 0 unspecified atom stereocenters. The standard InChI is InChI=1S/C18H30N4.HI/c1-3-19-18(20-4-2)21-14-16-8-10-17(11-9-16)15-22-12-6-5-7-13-22;/h8-11H,3-7,12-15H2,1-2H3,(H2,19,20,21);1H. The quantitative estimate of drug-likeness (QED) is 0.413. The fourth-order valence-corrected chi connectivity index (χ4v) is 2.81. The zero-order chi connectivity index (χ0) is 15.6. The summed E-state index contributed by atoms with van der Waals surface area (Å²) in [5.74, 6) is 0.891. The number of nitrogens with one attached hydrogen (secondary N) is 2. The van der Waals surface area contributed by atoms with Crippen LogP contribution in [-0.2, 0) is 13.1 Å². The van der Waals surface area contributed by atoms with Gasteiger partial charge in [0.05, 0.1) is 6.54 Å². The first-order valence-corrected chi connectivity index (χ1v) is 8.64. The van der Waals surface area contributed by atoms with E-state index in [0.717, 1.165) is 32.1 Å². The van der Waals surface area contributed by atoms with E-state index in [0.29, 0.717) is 0 Å². The Morgan fingerprint density at radius 2 is 1.52 bits per heavy atom. The van der Waals surface area contributed by atoms with Gasteiger partial charge in [0, 0.05) is 19.6 Å². The van der Waals surface area contributed by atoms with E-state index >= 15 is 0 Å².